The average molecular weight is 346 g/mol. The van der Waals surface area contributed by atoms with Gasteiger partial charge in [0, 0.05) is 56.7 Å². The lowest BCUT2D eigenvalue weighted by atomic mass is 10.1. The Bertz CT molecular complexity index is 820. The van der Waals surface area contributed by atoms with Gasteiger partial charge in [-0.15, -0.1) is 0 Å². The van der Waals surface area contributed by atoms with Gasteiger partial charge >= 0.3 is 0 Å². The first-order valence-electron chi connectivity index (χ1n) is 9.46. The van der Waals surface area contributed by atoms with E-state index < -0.39 is 0 Å². The number of nitrogens with one attached hydrogen (secondary N) is 1. The van der Waals surface area contributed by atoms with Gasteiger partial charge in [0.05, 0.1) is 5.52 Å². The van der Waals surface area contributed by atoms with Crippen LogP contribution in [0.25, 0.3) is 10.9 Å². The summed E-state index contributed by atoms with van der Waals surface area (Å²) in [4.78, 5) is 9.47. The first-order valence-corrected chi connectivity index (χ1v) is 9.46. The van der Waals surface area contributed by atoms with Crippen LogP contribution in [0.5, 0.6) is 0 Å². The van der Waals surface area contributed by atoms with Gasteiger partial charge < -0.3 is 10.2 Å². The highest BCUT2D eigenvalue weighted by Gasteiger charge is 2.18. The zero-order valence-corrected chi connectivity index (χ0v) is 15.1. The van der Waals surface area contributed by atoms with E-state index in [1.54, 1.807) is 0 Å². The molecule has 0 unspecified atom stereocenters. The van der Waals surface area contributed by atoms with E-state index >= 15 is 0 Å². The van der Waals surface area contributed by atoms with Crippen LogP contribution < -0.4 is 10.2 Å². The van der Waals surface area contributed by atoms with Crippen LogP contribution in [0, 0.1) is 0 Å². The molecule has 0 amide bonds. The van der Waals surface area contributed by atoms with Crippen LogP contribution in [0.2, 0.25) is 0 Å². The van der Waals surface area contributed by atoms with E-state index in [-0.39, 0.29) is 0 Å². The van der Waals surface area contributed by atoms with Crippen LogP contribution in [0.1, 0.15) is 5.56 Å². The third kappa shape index (κ3) is 4.03. The van der Waals surface area contributed by atoms with E-state index in [1.165, 1.54) is 16.6 Å². The van der Waals surface area contributed by atoms with E-state index in [1.807, 2.05) is 6.20 Å². The molecule has 1 N–H and O–H groups in total. The molecule has 1 aromatic heterocycles. The smallest absolute Gasteiger partial charge is 0.0722 e. The molecule has 1 saturated heterocycles. The second-order valence-electron chi connectivity index (χ2n) is 6.85. The first-order chi connectivity index (χ1) is 12.9. The molecule has 0 bridgehead atoms. The zero-order valence-electron chi connectivity index (χ0n) is 15.1. The van der Waals surface area contributed by atoms with Crippen molar-refractivity contribution in [3.05, 3.63) is 72.4 Å². The van der Waals surface area contributed by atoms with Gasteiger partial charge in [0.15, 0.2) is 0 Å². The minimum Gasteiger partial charge on any atom is -0.368 e. The van der Waals surface area contributed by atoms with Crippen LogP contribution in [0.3, 0.4) is 0 Å². The van der Waals surface area contributed by atoms with Gasteiger partial charge in [-0.05, 0) is 24.1 Å². The molecule has 0 aliphatic carbocycles. The van der Waals surface area contributed by atoms with E-state index in [0.717, 1.165) is 51.3 Å². The summed E-state index contributed by atoms with van der Waals surface area (Å²) in [5.74, 6) is 0. The number of anilines is 1. The Hall–Kier alpha value is -2.43. The molecule has 4 nitrogen and oxygen atoms in total. The number of nitrogens with zero attached hydrogens (tertiary/aromatic N) is 3. The van der Waals surface area contributed by atoms with E-state index in [2.05, 4.69) is 80.8 Å². The van der Waals surface area contributed by atoms with Crippen LogP contribution in [0.4, 0.5) is 5.69 Å². The van der Waals surface area contributed by atoms with Crippen LogP contribution in [-0.2, 0) is 6.42 Å². The first kappa shape index (κ1) is 17.0. The average Bonchev–Trinajstić information content (AvgIpc) is 2.72. The molecule has 1 fully saturated rings. The molecule has 2 heterocycles. The Morgan fingerprint density at radius 3 is 2.46 bits per heavy atom. The third-order valence-electron chi connectivity index (χ3n) is 5.11. The predicted molar refractivity (Wildman–Crippen MR) is 109 cm³/mol. The maximum atomic E-state index is 4.48. The van der Waals surface area contributed by atoms with Crippen LogP contribution in [0.15, 0.2) is 66.9 Å². The maximum Gasteiger partial charge on any atom is 0.0722 e. The number of hydrogen-bond donors (Lipinski definition) is 1. The number of rotatable bonds is 6. The Morgan fingerprint density at radius 2 is 1.62 bits per heavy atom. The molecule has 0 spiro atoms. The monoisotopic (exact) mass is 346 g/mol. The predicted octanol–water partition coefficient (Wildman–Crippen LogP) is 3.15. The van der Waals surface area contributed by atoms with Crippen molar-refractivity contribution in [1.82, 2.24) is 15.2 Å². The fourth-order valence-corrected chi connectivity index (χ4v) is 3.62. The number of benzene rings is 2. The molecule has 0 radical (unpaired) electrons. The summed E-state index contributed by atoms with van der Waals surface area (Å²) in [6.45, 7) is 6.31. The Labute approximate surface area is 155 Å². The number of hydrogen-bond acceptors (Lipinski definition) is 4. The Kier molecular flexibility index (Phi) is 5.43. The minimum atomic E-state index is 0.970. The van der Waals surface area contributed by atoms with Crippen molar-refractivity contribution < 1.29 is 0 Å². The van der Waals surface area contributed by atoms with E-state index in [0.29, 0.717) is 0 Å². The molecule has 0 saturated carbocycles. The maximum absolute atomic E-state index is 4.48. The normalized spacial score (nSPS) is 15.5. The fraction of sp³-hybridized carbons (Fsp3) is 0.318. The number of fused-ring (bicyclic) bond motifs is 1. The summed E-state index contributed by atoms with van der Waals surface area (Å²) in [7, 11) is 0. The minimum absolute atomic E-state index is 0.970. The quantitative estimate of drug-likeness (QED) is 0.695. The topological polar surface area (TPSA) is 31.4 Å². The summed E-state index contributed by atoms with van der Waals surface area (Å²) < 4.78 is 0. The highest BCUT2D eigenvalue weighted by molar-refractivity contribution is 5.91. The highest BCUT2D eigenvalue weighted by atomic mass is 15.3. The largest absolute Gasteiger partial charge is 0.368 e. The van der Waals surface area contributed by atoms with Gasteiger partial charge in [-0.25, -0.2) is 0 Å². The lowest BCUT2D eigenvalue weighted by Crippen LogP contribution is -2.49. The molecule has 0 atom stereocenters. The highest BCUT2D eigenvalue weighted by Crippen LogP contribution is 2.25. The lowest BCUT2D eigenvalue weighted by molar-refractivity contribution is 0.239. The number of para-hydroxylation sites is 1. The van der Waals surface area contributed by atoms with Gasteiger partial charge in [-0.2, -0.15) is 0 Å². The summed E-state index contributed by atoms with van der Waals surface area (Å²) in [6.07, 6.45) is 3.01. The molecule has 2 aromatic carbocycles. The molecule has 4 rings (SSSR count). The number of pyridine rings is 1. The van der Waals surface area contributed by atoms with Crippen molar-refractivity contribution in [3.8, 4) is 0 Å². The summed E-state index contributed by atoms with van der Waals surface area (Å²) in [5, 5.41) is 4.84. The molecule has 134 valence electrons. The van der Waals surface area contributed by atoms with Gasteiger partial charge in [-0.1, -0.05) is 48.5 Å². The molecule has 1 aliphatic rings. The lowest BCUT2D eigenvalue weighted by Gasteiger charge is -2.36. The van der Waals surface area contributed by atoms with Crippen molar-refractivity contribution in [2.24, 2.45) is 0 Å². The molecule has 3 aromatic rings. The summed E-state index contributed by atoms with van der Waals surface area (Å²) in [5.41, 5.74) is 3.79. The van der Waals surface area contributed by atoms with Gasteiger partial charge in [0.25, 0.3) is 0 Å². The Balaban J connectivity index is 1.26. The van der Waals surface area contributed by atoms with Crippen molar-refractivity contribution in [3.63, 3.8) is 0 Å². The van der Waals surface area contributed by atoms with Gasteiger partial charge in [0.1, 0.15) is 0 Å². The molecule has 1 aliphatic heterocycles. The van der Waals surface area contributed by atoms with E-state index in [9.17, 15) is 0 Å². The van der Waals surface area contributed by atoms with Gasteiger partial charge in [-0.3, -0.25) is 9.88 Å². The second kappa shape index (κ2) is 8.30. The molecule has 4 heteroatoms. The summed E-state index contributed by atoms with van der Waals surface area (Å²) >= 11 is 0. The van der Waals surface area contributed by atoms with Crippen molar-refractivity contribution in [1.29, 1.82) is 0 Å². The third-order valence-corrected chi connectivity index (χ3v) is 5.11. The second-order valence-corrected chi connectivity index (χ2v) is 6.85. The molecular formula is C22H26N4. The van der Waals surface area contributed by atoms with Crippen LogP contribution >= 0.6 is 0 Å². The van der Waals surface area contributed by atoms with E-state index in [4.69, 9.17) is 0 Å². The fourth-order valence-electron chi connectivity index (χ4n) is 3.62. The van der Waals surface area contributed by atoms with Crippen molar-refractivity contribution >= 4 is 16.6 Å². The summed E-state index contributed by atoms with van der Waals surface area (Å²) in [6, 6.07) is 21.2. The zero-order chi connectivity index (χ0) is 17.6. The SMILES string of the molecule is c1ccc(CCNCN2CCN(c3ccnc4ccccc34)CC2)cc1. The van der Waals surface area contributed by atoms with Crippen molar-refractivity contribution in [2.45, 2.75) is 6.42 Å². The number of piperazine rings is 1. The van der Waals surface area contributed by atoms with Crippen LogP contribution in [-0.4, -0.2) is 49.3 Å². The number of aromatic nitrogens is 1. The molecule has 26 heavy (non-hydrogen) atoms. The Morgan fingerprint density at radius 1 is 0.846 bits per heavy atom. The molecular weight excluding hydrogens is 320 g/mol. The van der Waals surface area contributed by atoms with Gasteiger partial charge in [0.2, 0.25) is 0 Å². The van der Waals surface area contributed by atoms with Crippen molar-refractivity contribution in [2.75, 3.05) is 44.3 Å². The standard InChI is InChI=1S/C22H26N4/c1-2-6-19(7-3-1)10-12-23-18-25-14-16-26(17-15-25)22-11-13-24-21-9-5-4-8-20(21)22/h1-9,11,13,23H,10,12,14-18H2.